The maximum atomic E-state index is 13.5. The van der Waals surface area contributed by atoms with E-state index in [4.69, 9.17) is 4.98 Å². The number of carbonyl (C=O) groups is 1. The fourth-order valence-electron chi connectivity index (χ4n) is 4.86. The van der Waals surface area contributed by atoms with Gasteiger partial charge in [0.15, 0.2) is 9.84 Å². The summed E-state index contributed by atoms with van der Waals surface area (Å²) in [6.07, 6.45) is 2.60. The van der Waals surface area contributed by atoms with E-state index in [9.17, 15) is 13.2 Å². The van der Waals surface area contributed by atoms with Crippen molar-refractivity contribution in [2.75, 3.05) is 36.0 Å². The molecule has 1 amide bonds. The van der Waals surface area contributed by atoms with E-state index in [1.807, 2.05) is 48.5 Å². The molecule has 2 aromatic carbocycles. The molecule has 0 saturated carbocycles. The fourth-order valence-corrected chi connectivity index (χ4v) is 7.65. The van der Waals surface area contributed by atoms with Crippen LogP contribution in [0.15, 0.2) is 54.6 Å². The van der Waals surface area contributed by atoms with Gasteiger partial charge in [0.2, 0.25) is 5.91 Å². The molecule has 5 rings (SSSR count). The summed E-state index contributed by atoms with van der Waals surface area (Å²) in [6, 6.07) is 17.4. The average Bonchev–Trinajstić information content (AvgIpc) is 3.38. The van der Waals surface area contributed by atoms with Gasteiger partial charge in [-0.3, -0.25) is 9.69 Å². The number of nitrogens with zero attached hydrogens (tertiary/aromatic N) is 3. The Morgan fingerprint density at radius 1 is 1.09 bits per heavy atom. The number of aromatic nitrogens is 1. The monoisotopic (exact) mass is 469 g/mol. The molecular weight excluding hydrogens is 442 g/mol. The van der Waals surface area contributed by atoms with Crippen LogP contribution in [0.25, 0.3) is 10.2 Å². The molecule has 2 aliphatic rings. The van der Waals surface area contributed by atoms with Crippen molar-refractivity contribution in [2.45, 2.75) is 31.2 Å². The maximum Gasteiger partial charge on any atom is 0.241 e. The third-order valence-electron chi connectivity index (χ3n) is 6.40. The van der Waals surface area contributed by atoms with Crippen molar-refractivity contribution in [1.82, 2.24) is 9.88 Å². The highest BCUT2D eigenvalue weighted by molar-refractivity contribution is 7.91. The summed E-state index contributed by atoms with van der Waals surface area (Å²) in [5.74, 6) is 0.494. The van der Waals surface area contributed by atoms with Gasteiger partial charge in [-0.1, -0.05) is 30.3 Å². The molecule has 2 saturated heterocycles. The van der Waals surface area contributed by atoms with Crippen molar-refractivity contribution in [1.29, 1.82) is 0 Å². The minimum Gasteiger partial charge on any atom is -0.307 e. The Hall–Kier alpha value is -2.29. The van der Waals surface area contributed by atoms with Gasteiger partial charge in [0, 0.05) is 18.2 Å². The molecule has 32 heavy (non-hydrogen) atoms. The molecule has 2 atom stereocenters. The van der Waals surface area contributed by atoms with Crippen LogP contribution < -0.4 is 4.90 Å². The van der Waals surface area contributed by atoms with E-state index < -0.39 is 9.84 Å². The lowest BCUT2D eigenvalue weighted by atomic mass is 9.98. The van der Waals surface area contributed by atoms with Gasteiger partial charge in [-0.15, -0.1) is 11.3 Å². The molecule has 2 fully saturated rings. The van der Waals surface area contributed by atoms with Crippen LogP contribution >= 0.6 is 11.3 Å². The van der Waals surface area contributed by atoms with Gasteiger partial charge < -0.3 is 4.90 Å². The number of piperidine rings is 1. The quantitative estimate of drug-likeness (QED) is 0.570. The van der Waals surface area contributed by atoms with E-state index in [-0.39, 0.29) is 23.5 Å². The van der Waals surface area contributed by atoms with E-state index in [2.05, 4.69) is 11.0 Å². The van der Waals surface area contributed by atoms with Crippen LogP contribution in [-0.4, -0.2) is 61.4 Å². The molecule has 8 heteroatoms. The third kappa shape index (κ3) is 4.58. The first kappa shape index (κ1) is 21.6. The van der Waals surface area contributed by atoms with Crippen LogP contribution in [0.1, 0.15) is 30.2 Å². The zero-order chi connectivity index (χ0) is 22.1. The Balaban J connectivity index is 1.32. The summed E-state index contributed by atoms with van der Waals surface area (Å²) >= 11 is 1.75. The topological polar surface area (TPSA) is 70.6 Å². The van der Waals surface area contributed by atoms with E-state index in [1.54, 1.807) is 16.2 Å². The van der Waals surface area contributed by atoms with Gasteiger partial charge in [0.25, 0.3) is 0 Å². The Labute approximate surface area is 192 Å². The van der Waals surface area contributed by atoms with Crippen LogP contribution in [-0.2, 0) is 14.6 Å². The second-order valence-corrected chi connectivity index (χ2v) is 12.0. The first-order valence-electron chi connectivity index (χ1n) is 11.1. The van der Waals surface area contributed by atoms with Gasteiger partial charge in [-0.05, 0) is 50.1 Å². The molecular formula is C24H27N3O3S2. The number of sulfone groups is 1. The maximum absolute atomic E-state index is 13.5. The van der Waals surface area contributed by atoms with Crippen molar-refractivity contribution >= 4 is 43.0 Å². The lowest BCUT2D eigenvalue weighted by Gasteiger charge is -2.34. The molecule has 0 aliphatic carbocycles. The SMILES string of the molecule is O=C(CN1CCC[C@H](c2nc3ccccc3s2)C1)N(c1ccccc1)[C@H]1CCS(=O)(=O)C1. The Bertz CT molecular complexity index is 1180. The largest absolute Gasteiger partial charge is 0.307 e. The third-order valence-corrected chi connectivity index (χ3v) is 9.35. The highest BCUT2D eigenvalue weighted by Crippen LogP contribution is 2.33. The molecule has 168 valence electrons. The number of rotatable bonds is 5. The summed E-state index contributed by atoms with van der Waals surface area (Å²) in [6.45, 7) is 1.97. The van der Waals surface area contributed by atoms with E-state index >= 15 is 0 Å². The number of likely N-dealkylation sites (tertiary alicyclic amines) is 1. The number of para-hydroxylation sites is 2. The van der Waals surface area contributed by atoms with Crippen LogP contribution in [0.4, 0.5) is 5.69 Å². The van der Waals surface area contributed by atoms with Gasteiger partial charge in [0.05, 0.1) is 39.3 Å². The molecule has 0 radical (unpaired) electrons. The molecule has 6 nitrogen and oxygen atoms in total. The standard InChI is InChI=1S/C24H27N3O3S2/c28-23(27(19-8-2-1-3-9-19)20-12-14-32(29,30)17-20)16-26-13-6-7-18(15-26)24-25-21-10-4-5-11-22(21)31-24/h1-5,8-11,18,20H,6-7,12-17H2/t18-,20-/m0/s1. The van der Waals surface area contributed by atoms with Crippen molar-refractivity contribution in [3.63, 3.8) is 0 Å². The number of benzene rings is 2. The molecule has 3 heterocycles. The molecule has 0 bridgehead atoms. The molecule has 0 unspecified atom stereocenters. The number of hydrogen-bond acceptors (Lipinski definition) is 6. The second kappa shape index (κ2) is 8.92. The van der Waals surface area contributed by atoms with Gasteiger partial charge in [0.1, 0.15) is 0 Å². The van der Waals surface area contributed by atoms with Crippen molar-refractivity contribution in [2.24, 2.45) is 0 Å². The zero-order valence-corrected chi connectivity index (χ0v) is 19.5. The number of anilines is 1. The summed E-state index contributed by atoms with van der Waals surface area (Å²) < 4.78 is 25.4. The smallest absolute Gasteiger partial charge is 0.241 e. The van der Waals surface area contributed by atoms with Crippen molar-refractivity contribution in [3.05, 3.63) is 59.6 Å². The van der Waals surface area contributed by atoms with Crippen LogP contribution in [0.3, 0.4) is 0 Å². The number of carbonyl (C=O) groups excluding carboxylic acids is 1. The number of fused-ring (bicyclic) bond motifs is 1. The number of amides is 1. The number of thiazole rings is 1. The lowest BCUT2D eigenvalue weighted by molar-refractivity contribution is -0.120. The second-order valence-electron chi connectivity index (χ2n) is 8.75. The molecule has 2 aliphatic heterocycles. The predicted molar refractivity (Wildman–Crippen MR) is 129 cm³/mol. The van der Waals surface area contributed by atoms with E-state index in [1.165, 1.54) is 4.70 Å². The minimum absolute atomic E-state index is 0.0248. The van der Waals surface area contributed by atoms with Gasteiger partial charge in [-0.25, -0.2) is 13.4 Å². The minimum atomic E-state index is -3.09. The van der Waals surface area contributed by atoms with Crippen LogP contribution in [0.5, 0.6) is 0 Å². The van der Waals surface area contributed by atoms with Crippen LogP contribution in [0.2, 0.25) is 0 Å². The van der Waals surface area contributed by atoms with E-state index in [0.29, 0.717) is 18.9 Å². The Morgan fingerprint density at radius 3 is 2.62 bits per heavy atom. The summed E-state index contributed by atoms with van der Waals surface area (Å²) in [4.78, 5) is 22.3. The summed E-state index contributed by atoms with van der Waals surface area (Å²) in [5.41, 5.74) is 1.82. The first-order valence-corrected chi connectivity index (χ1v) is 13.8. The van der Waals surface area contributed by atoms with Gasteiger partial charge in [-0.2, -0.15) is 0 Å². The summed E-state index contributed by atoms with van der Waals surface area (Å²) in [7, 11) is -3.09. The normalized spacial score (nSPS) is 23.4. The predicted octanol–water partition coefficient (Wildman–Crippen LogP) is 3.70. The average molecular weight is 470 g/mol. The molecule has 3 aromatic rings. The molecule has 0 spiro atoms. The van der Waals surface area contributed by atoms with Gasteiger partial charge >= 0.3 is 0 Å². The highest BCUT2D eigenvalue weighted by Gasteiger charge is 2.36. The van der Waals surface area contributed by atoms with Crippen molar-refractivity contribution in [3.8, 4) is 0 Å². The zero-order valence-electron chi connectivity index (χ0n) is 17.9. The first-order chi connectivity index (χ1) is 15.5. The van der Waals surface area contributed by atoms with E-state index in [0.717, 1.165) is 42.1 Å². The molecule has 0 N–H and O–H groups in total. The molecule has 1 aromatic heterocycles. The Kier molecular flexibility index (Phi) is 6.01. The summed E-state index contributed by atoms with van der Waals surface area (Å²) in [5, 5.41) is 1.14. The Morgan fingerprint density at radius 2 is 1.88 bits per heavy atom. The fraction of sp³-hybridized carbons (Fsp3) is 0.417. The van der Waals surface area contributed by atoms with Crippen molar-refractivity contribution < 1.29 is 13.2 Å². The highest BCUT2D eigenvalue weighted by atomic mass is 32.2. The van der Waals surface area contributed by atoms with Crippen LogP contribution in [0, 0.1) is 0 Å². The number of hydrogen-bond donors (Lipinski definition) is 0. The lowest BCUT2D eigenvalue weighted by Crippen LogP contribution is -2.48.